The fraction of sp³-hybridized carbons (Fsp3) is 0.889. The monoisotopic (exact) mass is 224 g/mol. The third-order valence-electron chi connectivity index (χ3n) is 2.60. The minimum atomic E-state index is -0.719. The van der Waals surface area contributed by atoms with Crippen molar-refractivity contribution in [1.82, 2.24) is 0 Å². The highest BCUT2D eigenvalue weighted by atomic mass is 16.8. The summed E-state index contributed by atoms with van der Waals surface area (Å²) >= 11 is 0. The number of ether oxygens (including phenoxy) is 3. The van der Waals surface area contributed by atoms with E-state index in [4.69, 9.17) is 25.0 Å². The van der Waals surface area contributed by atoms with Gasteiger partial charge in [-0.2, -0.15) is 5.26 Å². The van der Waals surface area contributed by atoms with Gasteiger partial charge >= 0.3 is 0 Å². The second-order valence-corrected chi connectivity index (χ2v) is 4.20. The molecule has 2 heterocycles. The molecule has 0 spiro atoms. The van der Waals surface area contributed by atoms with Gasteiger partial charge in [-0.05, 0) is 19.4 Å². The van der Waals surface area contributed by atoms with Crippen LogP contribution in [0.3, 0.4) is 0 Å². The van der Waals surface area contributed by atoms with Crippen molar-refractivity contribution in [3.8, 4) is 6.07 Å². The number of azide groups is 1. The Morgan fingerprint density at radius 3 is 2.75 bits per heavy atom. The molecule has 0 N–H and O–H groups in total. The zero-order valence-electron chi connectivity index (χ0n) is 9.03. The van der Waals surface area contributed by atoms with Crippen molar-refractivity contribution in [3.63, 3.8) is 0 Å². The van der Waals surface area contributed by atoms with Crippen LogP contribution in [-0.2, 0) is 14.2 Å². The van der Waals surface area contributed by atoms with Crippen LogP contribution in [0.5, 0.6) is 0 Å². The van der Waals surface area contributed by atoms with E-state index in [0.29, 0.717) is 0 Å². The molecule has 0 amide bonds. The minimum Gasteiger partial charge on any atom is -0.354 e. The Kier molecular flexibility index (Phi) is 2.74. The summed E-state index contributed by atoms with van der Waals surface area (Å²) in [5.41, 5.74) is 8.26. The van der Waals surface area contributed by atoms with E-state index >= 15 is 0 Å². The van der Waals surface area contributed by atoms with Crippen LogP contribution in [-0.4, -0.2) is 36.7 Å². The Bertz CT molecular complexity index is 371. The molecule has 2 saturated heterocycles. The number of nitrogens with zero attached hydrogens (tertiary/aromatic N) is 4. The van der Waals surface area contributed by atoms with Crippen molar-refractivity contribution in [1.29, 1.82) is 5.26 Å². The first-order valence-corrected chi connectivity index (χ1v) is 4.99. The van der Waals surface area contributed by atoms with E-state index in [-0.39, 0.29) is 12.6 Å². The highest BCUT2D eigenvalue weighted by molar-refractivity contribution is 5.06. The maximum atomic E-state index is 8.91. The van der Waals surface area contributed by atoms with Crippen LogP contribution in [0.4, 0.5) is 0 Å². The lowest BCUT2D eigenvalue weighted by Gasteiger charge is -2.21. The Balaban J connectivity index is 2.14. The Hall–Kier alpha value is -1.32. The van der Waals surface area contributed by atoms with Gasteiger partial charge in [-0.1, -0.05) is 5.11 Å². The summed E-state index contributed by atoms with van der Waals surface area (Å²) in [6, 6.07) is 2.02. The summed E-state index contributed by atoms with van der Waals surface area (Å²) in [5.74, 6) is -0.719. The molecule has 0 aromatic carbocycles. The van der Waals surface area contributed by atoms with Crippen molar-refractivity contribution in [3.05, 3.63) is 10.4 Å². The fourth-order valence-electron chi connectivity index (χ4n) is 2.05. The summed E-state index contributed by atoms with van der Waals surface area (Å²) in [6.45, 7) is 3.71. The topological polar surface area (TPSA) is 100 Å². The summed E-state index contributed by atoms with van der Waals surface area (Å²) in [7, 11) is 0. The van der Waals surface area contributed by atoms with E-state index in [2.05, 4.69) is 10.0 Å². The quantitative estimate of drug-likeness (QED) is 0.398. The smallest absolute Gasteiger partial charge is 0.173 e. The number of hydrogen-bond acceptors (Lipinski definition) is 5. The molecular formula is C9H12N4O3. The van der Waals surface area contributed by atoms with Crippen molar-refractivity contribution in [2.45, 2.75) is 44.1 Å². The van der Waals surface area contributed by atoms with E-state index in [1.165, 1.54) is 0 Å². The van der Waals surface area contributed by atoms with E-state index in [1.807, 2.05) is 6.07 Å². The van der Waals surface area contributed by atoms with E-state index in [1.54, 1.807) is 13.8 Å². The molecule has 4 atom stereocenters. The lowest BCUT2D eigenvalue weighted by Crippen LogP contribution is -2.31. The van der Waals surface area contributed by atoms with E-state index in [0.717, 1.165) is 0 Å². The lowest BCUT2D eigenvalue weighted by molar-refractivity contribution is -0.180. The van der Waals surface area contributed by atoms with Crippen molar-refractivity contribution in [2.24, 2.45) is 5.11 Å². The largest absolute Gasteiger partial charge is 0.354 e. The Labute approximate surface area is 92.5 Å². The second kappa shape index (κ2) is 3.92. The van der Waals surface area contributed by atoms with Crippen LogP contribution in [0.1, 0.15) is 13.8 Å². The minimum absolute atomic E-state index is 0.148. The average molecular weight is 224 g/mol. The molecule has 1 unspecified atom stereocenters. The molecule has 0 aromatic rings. The van der Waals surface area contributed by atoms with Crippen LogP contribution in [0, 0.1) is 11.3 Å². The molecule has 0 aliphatic carbocycles. The molecule has 0 aromatic heterocycles. The van der Waals surface area contributed by atoms with Crippen LogP contribution in [0.2, 0.25) is 0 Å². The molecule has 7 nitrogen and oxygen atoms in total. The Morgan fingerprint density at radius 2 is 2.12 bits per heavy atom. The SMILES string of the molecule is CC1(C)OC2[C@H](C#N)O[C@H](CN=[N+]=[N-])[C@H]2O1. The standard InChI is InChI=1S/C9H12N4O3/c1-9(2)15-7-5(3-10)14-6(4-12-13-11)8(7)16-9/h5-8H,4H2,1-2H3/t5-,6+,7?,8+/m0/s1. The molecule has 16 heavy (non-hydrogen) atoms. The van der Waals surface area contributed by atoms with Crippen LogP contribution in [0.25, 0.3) is 10.4 Å². The molecule has 2 aliphatic rings. The predicted molar refractivity (Wildman–Crippen MR) is 52.1 cm³/mol. The normalized spacial score (nSPS) is 39.8. The van der Waals surface area contributed by atoms with Crippen LogP contribution in [0.15, 0.2) is 5.11 Å². The molecule has 0 bridgehead atoms. The average Bonchev–Trinajstić information content (AvgIpc) is 2.69. The Morgan fingerprint density at radius 1 is 1.44 bits per heavy atom. The summed E-state index contributed by atoms with van der Waals surface area (Å²) in [4.78, 5) is 2.67. The van der Waals surface area contributed by atoms with Crippen LogP contribution < -0.4 is 0 Å². The van der Waals surface area contributed by atoms with Gasteiger partial charge in [-0.3, -0.25) is 0 Å². The molecule has 86 valence electrons. The molecule has 0 radical (unpaired) electrons. The third-order valence-corrected chi connectivity index (χ3v) is 2.60. The fourth-order valence-corrected chi connectivity index (χ4v) is 2.05. The van der Waals surface area contributed by atoms with Gasteiger partial charge in [0.15, 0.2) is 11.9 Å². The molecule has 2 rings (SSSR count). The second-order valence-electron chi connectivity index (χ2n) is 4.20. The number of hydrogen-bond donors (Lipinski definition) is 0. The first-order valence-electron chi connectivity index (χ1n) is 4.99. The van der Waals surface area contributed by atoms with Gasteiger partial charge in [0, 0.05) is 4.91 Å². The van der Waals surface area contributed by atoms with Gasteiger partial charge in [0.2, 0.25) is 0 Å². The van der Waals surface area contributed by atoms with Gasteiger partial charge in [0.25, 0.3) is 0 Å². The van der Waals surface area contributed by atoms with Crippen molar-refractivity contribution < 1.29 is 14.2 Å². The summed E-state index contributed by atoms with van der Waals surface area (Å²) in [5, 5.41) is 12.4. The molecule has 2 aliphatic heterocycles. The lowest BCUT2D eigenvalue weighted by atomic mass is 10.1. The predicted octanol–water partition coefficient (Wildman–Crippen LogP) is 1.11. The van der Waals surface area contributed by atoms with Gasteiger partial charge in [-0.15, -0.1) is 0 Å². The first kappa shape index (κ1) is 11.2. The van der Waals surface area contributed by atoms with Crippen molar-refractivity contribution >= 4 is 0 Å². The van der Waals surface area contributed by atoms with Gasteiger partial charge in [0.05, 0.1) is 18.7 Å². The maximum absolute atomic E-state index is 8.91. The van der Waals surface area contributed by atoms with Gasteiger partial charge < -0.3 is 14.2 Å². The maximum Gasteiger partial charge on any atom is 0.173 e. The number of nitriles is 1. The number of fused-ring (bicyclic) bond motifs is 1. The summed E-state index contributed by atoms with van der Waals surface area (Å²) < 4.78 is 16.6. The zero-order chi connectivity index (χ0) is 11.8. The van der Waals surface area contributed by atoms with E-state index < -0.39 is 24.1 Å². The molecule has 2 fully saturated rings. The van der Waals surface area contributed by atoms with Gasteiger partial charge in [0.1, 0.15) is 12.2 Å². The highest BCUT2D eigenvalue weighted by Gasteiger charge is 2.55. The van der Waals surface area contributed by atoms with Crippen LogP contribution >= 0.6 is 0 Å². The highest BCUT2D eigenvalue weighted by Crippen LogP contribution is 2.38. The first-order chi connectivity index (χ1) is 7.57. The molecule has 7 heteroatoms. The van der Waals surface area contributed by atoms with Crippen molar-refractivity contribution in [2.75, 3.05) is 6.54 Å². The summed E-state index contributed by atoms with van der Waals surface area (Å²) in [6.07, 6.45) is -1.82. The molecule has 0 saturated carbocycles. The molecular weight excluding hydrogens is 212 g/mol. The third kappa shape index (κ3) is 1.84. The zero-order valence-corrected chi connectivity index (χ0v) is 9.03. The van der Waals surface area contributed by atoms with Gasteiger partial charge in [-0.25, -0.2) is 0 Å². The number of rotatable bonds is 2. The van der Waals surface area contributed by atoms with E-state index in [9.17, 15) is 0 Å².